The second-order valence-electron chi connectivity index (χ2n) is 7.27. The van der Waals surface area contributed by atoms with Gasteiger partial charge in [0, 0.05) is 31.3 Å². The summed E-state index contributed by atoms with van der Waals surface area (Å²) >= 11 is 1.73. The van der Waals surface area contributed by atoms with Crippen LogP contribution < -0.4 is 5.32 Å². The Morgan fingerprint density at radius 3 is 2.55 bits per heavy atom. The van der Waals surface area contributed by atoms with E-state index in [0.717, 1.165) is 39.6 Å². The first kappa shape index (κ1) is 19.3. The number of para-hydroxylation sites is 1. The third kappa shape index (κ3) is 4.38. The van der Waals surface area contributed by atoms with Crippen molar-refractivity contribution in [3.63, 3.8) is 0 Å². The normalized spacial score (nSPS) is 11.1. The van der Waals surface area contributed by atoms with Gasteiger partial charge in [-0.05, 0) is 55.7 Å². The number of aryl methyl sites for hydroxylation is 2. The number of benzene rings is 2. The lowest BCUT2D eigenvalue weighted by molar-refractivity contribution is -0.116. The molecule has 0 aliphatic rings. The van der Waals surface area contributed by atoms with Crippen LogP contribution in [-0.4, -0.2) is 20.7 Å². The molecule has 2 aromatic heterocycles. The average molecular weight is 405 g/mol. The zero-order valence-corrected chi connectivity index (χ0v) is 17.7. The van der Waals surface area contributed by atoms with E-state index in [4.69, 9.17) is 0 Å². The molecule has 0 atom stereocenters. The van der Waals surface area contributed by atoms with Crippen LogP contribution in [0.1, 0.15) is 33.9 Å². The topological polar surface area (TPSA) is 59.8 Å². The van der Waals surface area contributed by atoms with Gasteiger partial charge in [-0.25, -0.2) is 4.98 Å². The molecule has 6 heteroatoms. The fourth-order valence-corrected chi connectivity index (χ4v) is 4.52. The van der Waals surface area contributed by atoms with Crippen LogP contribution >= 0.6 is 11.3 Å². The molecule has 2 heterocycles. The number of hydrogen-bond donors (Lipinski definition) is 1. The minimum atomic E-state index is 0.0200. The Balaban J connectivity index is 1.34. The first-order valence-corrected chi connectivity index (χ1v) is 10.5. The van der Waals surface area contributed by atoms with Gasteiger partial charge >= 0.3 is 0 Å². The van der Waals surface area contributed by atoms with Crippen molar-refractivity contribution in [1.29, 1.82) is 0 Å². The van der Waals surface area contributed by atoms with Gasteiger partial charge in [0.25, 0.3) is 0 Å². The highest BCUT2D eigenvalue weighted by Crippen LogP contribution is 2.24. The molecule has 0 unspecified atom stereocenters. The first-order valence-electron chi connectivity index (χ1n) is 9.72. The molecule has 0 saturated heterocycles. The lowest BCUT2D eigenvalue weighted by Crippen LogP contribution is -2.12. The van der Waals surface area contributed by atoms with E-state index in [1.54, 1.807) is 11.3 Å². The van der Waals surface area contributed by atoms with Crippen LogP contribution in [0, 0.1) is 13.8 Å². The predicted molar refractivity (Wildman–Crippen MR) is 119 cm³/mol. The van der Waals surface area contributed by atoms with E-state index < -0.39 is 0 Å². The number of amides is 1. The number of rotatable bonds is 6. The van der Waals surface area contributed by atoms with Gasteiger partial charge in [0.05, 0.1) is 20.9 Å². The van der Waals surface area contributed by atoms with Crippen LogP contribution in [0.15, 0.2) is 48.5 Å². The van der Waals surface area contributed by atoms with Crippen molar-refractivity contribution in [3.8, 4) is 0 Å². The number of thiazole rings is 1. The van der Waals surface area contributed by atoms with Gasteiger partial charge < -0.3 is 5.32 Å². The maximum Gasteiger partial charge on any atom is 0.224 e. The van der Waals surface area contributed by atoms with Crippen LogP contribution in [-0.2, 0) is 24.7 Å². The average Bonchev–Trinajstić information content (AvgIpc) is 3.21. The van der Waals surface area contributed by atoms with E-state index in [0.29, 0.717) is 12.8 Å². The standard InChI is InChI=1S/C23H24N4OS/c1-15-19(16(2)27(3)26-15)12-13-22(28)24-18-10-8-17(9-11-18)14-23-25-20-6-4-5-7-21(20)29-23/h4-11H,12-14H2,1-3H3,(H,24,28). The minimum absolute atomic E-state index is 0.0200. The van der Waals surface area contributed by atoms with Crippen LogP contribution in [0.25, 0.3) is 10.2 Å². The Bertz CT molecular complexity index is 1120. The summed E-state index contributed by atoms with van der Waals surface area (Å²) in [5.74, 6) is 0.0200. The highest BCUT2D eigenvalue weighted by molar-refractivity contribution is 7.18. The number of carbonyl (C=O) groups excluding carboxylic acids is 1. The molecule has 148 valence electrons. The van der Waals surface area contributed by atoms with Gasteiger partial charge in [0.2, 0.25) is 5.91 Å². The number of nitrogens with zero attached hydrogens (tertiary/aromatic N) is 3. The highest BCUT2D eigenvalue weighted by Gasteiger charge is 2.11. The molecule has 4 rings (SSSR count). The lowest BCUT2D eigenvalue weighted by Gasteiger charge is -2.07. The van der Waals surface area contributed by atoms with Crippen molar-refractivity contribution in [2.24, 2.45) is 7.05 Å². The second kappa shape index (κ2) is 8.17. The third-order valence-corrected chi connectivity index (χ3v) is 6.23. The maximum atomic E-state index is 12.3. The van der Waals surface area contributed by atoms with Crippen LogP contribution in [0.2, 0.25) is 0 Å². The van der Waals surface area contributed by atoms with Gasteiger partial charge in [-0.2, -0.15) is 5.10 Å². The third-order valence-electron chi connectivity index (χ3n) is 5.19. The SMILES string of the molecule is Cc1nn(C)c(C)c1CCC(=O)Nc1ccc(Cc2nc3ccccc3s2)cc1. The second-order valence-corrected chi connectivity index (χ2v) is 8.39. The molecule has 1 N–H and O–H groups in total. The Hall–Kier alpha value is -2.99. The smallest absolute Gasteiger partial charge is 0.224 e. The largest absolute Gasteiger partial charge is 0.326 e. The summed E-state index contributed by atoms with van der Waals surface area (Å²) in [4.78, 5) is 17.0. The summed E-state index contributed by atoms with van der Waals surface area (Å²) in [5.41, 5.74) is 6.34. The van der Waals surface area contributed by atoms with E-state index >= 15 is 0 Å². The van der Waals surface area contributed by atoms with Crippen LogP contribution in [0.4, 0.5) is 5.69 Å². The van der Waals surface area contributed by atoms with Crippen molar-refractivity contribution in [2.45, 2.75) is 33.1 Å². The van der Waals surface area contributed by atoms with E-state index in [-0.39, 0.29) is 5.91 Å². The van der Waals surface area contributed by atoms with Crippen molar-refractivity contribution >= 4 is 33.1 Å². The van der Waals surface area contributed by atoms with Crippen molar-refractivity contribution < 1.29 is 4.79 Å². The Morgan fingerprint density at radius 1 is 1.10 bits per heavy atom. The van der Waals surface area contributed by atoms with Crippen molar-refractivity contribution in [1.82, 2.24) is 14.8 Å². The molecule has 0 spiro atoms. The van der Waals surface area contributed by atoms with E-state index in [2.05, 4.69) is 33.6 Å². The molecule has 2 aromatic carbocycles. The molecule has 0 aliphatic carbocycles. The highest BCUT2D eigenvalue weighted by atomic mass is 32.1. The summed E-state index contributed by atoms with van der Waals surface area (Å²) < 4.78 is 3.08. The zero-order chi connectivity index (χ0) is 20.4. The van der Waals surface area contributed by atoms with Crippen molar-refractivity contribution in [3.05, 3.63) is 76.1 Å². The van der Waals surface area contributed by atoms with E-state index in [1.807, 2.05) is 55.9 Å². The van der Waals surface area contributed by atoms with Gasteiger partial charge in [0.1, 0.15) is 0 Å². The maximum absolute atomic E-state index is 12.3. The molecule has 0 aliphatic heterocycles. The van der Waals surface area contributed by atoms with Gasteiger partial charge in [-0.1, -0.05) is 24.3 Å². The predicted octanol–water partition coefficient (Wildman–Crippen LogP) is 4.81. The number of hydrogen-bond acceptors (Lipinski definition) is 4. The number of fused-ring (bicyclic) bond motifs is 1. The summed E-state index contributed by atoms with van der Waals surface area (Å²) in [5, 5.41) is 8.50. The summed E-state index contributed by atoms with van der Waals surface area (Å²) in [6.45, 7) is 4.03. The van der Waals surface area contributed by atoms with E-state index in [1.165, 1.54) is 10.3 Å². The molecule has 1 amide bonds. The minimum Gasteiger partial charge on any atom is -0.326 e. The number of nitrogens with one attached hydrogen (secondary N) is 1. The summed E-state index contributed by atoms with van der Waals surface area (Å²) in [6.07, 6.45) is 1.95. The zero-order valence-electron chi connectivity index (χ0n) is 16.9. The van der Waals surface area contributed by atoms with Crippen molar-refractivity contribution in [2.75, 3.05) is 5.32 Å². The fraction of sp³-hybridized carbons (Fsp3) is 0.261. The first-order chi connectivity index (χ1) is 14.0. The Kier molecular flexibility index (Phi) is 5.45. The molecule has 0 radical (unpaired) electrons. The molecular weight excluding hydrogens is 380 g/mol. The quantitative estimate of drug-likeness (QED) is 0.502. The monoisotopic (exact) mass is 404 g/mol. The van der Waals surface area contributed by atoms with Gasteiger partial charge in [-0.3, -0.25) is 9.48 Å². The fourth-order valence-electron chi connectivity index (χ4n) is 3.52. The molecule has 4 aromatic rings. The molecule has 0 fully saturated rings. The lowest BCUT2D eigenvalue weighted by atomic mass is 10.1. The molecular formula is C23H24N4OS. The number of aromatic nitrogens is 3. The Morgan fingerprint density at radius 2 is 1.86 bits per heavy atom. The van der Waals surface area contributed by atoms with Crippen LogP contribution in [0.5, 0.6) is 0 Å². The molecule has 5 nitrogen and oxygen atoms in total. The van der Waals surface area contributed by atoms with E-state index in [9.17, 15) is 4.79 Å². The number of carbonyl (C=O) groups is 1. The summed E-state index contributed by atoms with van der Waals surface area (Å²) in [6, 6.07) is 16.2. The van der Waals surface area contributed by atoms with Crippen LogP contribution in [0.3, 0.4) is 0 Å². The Labute approximate surface area is 174 Å². The van der Waals surface area contributed by atoms with Gasteiger partial charge in [-0.15, -0.1) is 11.3 Å². The summed E-state index contributed by atoms with van der Waals surface area (Å²) in [7, 11) is 1.93. The molecule has 29 heavy (non-hydrogen) atoms. The van der Waals surface area contributed by atoms with Gasteiger partial charge in [0.15, 0.2) is 0 Å². The number of anilines is 1. The molecule has 0 bridgehead atoms. The molecule has 0 saturated carbocycles.